The molecule has 0 spiro atoms. The highest BCUT2D eigenvalue weighted by Gasteiger charge is 2.04. The Balaban J connectivity index is 0.000000461. The third kappa shape index (κ3) is 3.23. The van der Waals surface area contributed by atoms with Crippen LogP contribution in [0, 0.1) is 0 Å². The summed E-state index contributed by atoms with van der Waals surface area (Å²) >= 11 is 2.97. The number of carboxylic acid groups (broad SMARTS) is 1. The number of aromatic carboxylic acids is 1. The second kappa shape index (κ2) is 4.96. The third-order valence-electron chi connectivity index (χ3n) is 0.814. The molecule has 0 saturated carbocycles. The molecule has 0 aliphatic heterocycles. The van der Waals surface area contributed by atoms with Crippen LogP contribution >= 0.6 is 15.9 Å². The number of carboxylic acids is 1. The van der Waals surface area contributed by atoms with Crippen LogP contribution in [0.4, 0.5) is 0 Å². The molecule has 1 aromatic rings. The number of hydrogen-bond acceptors (Lipinski definition) is 2. The Kier molecular flexibility index (Phi) is 4.61. The number of rotatable bonds is 1. The van der Waals surface area contributed by atoms with Crippen molar-refractivity contribution in [2.75, 3.05) is 0 Å². The average molecular weight is 221 g/mol. The summed E-state index contributed by atoms with van der Waals surface area (Å²) in [5.41, 5.74) is 0.155. The highest BCUT2D eigenvalue weighted by Crippen LogP contribution is 2.13. The Bertz CT molecular complexity index is 229. The molecule has 0 aromatic carbocycles. The molecule has 0 fully saturated rings. The van der Waals surface area contributed by atoms with Crippen LogP contribution in [0.25, 0.3) is 0 Å². The van der Waals surface area contributed by atoms with Crippen molar-refractivity contribution in [3.63, 3.8) is 0 Å². The van der Waals surface area contributed by atoms with Crippen LogP contribution in [0.3, 0.4) is 0 Å². The van der Waals surface area contributed by atoms with Crippen LogP contribution in [-0.2, 0) is 0 Å². The van der Waals surface area contributed by atoms with Gasteiger partial charge < -0.3 is 9.52 Å². The van der Waals surface area contributed by atoms with Gasteiger partial charge in [0.1, 0.15) is 6.26 Å². The van der Waals surface area contributed by atoms with E-state index in [2.05, 4.69) is 20.3 Å². The lowest BCUT2D eigenvalue weighted by Gasteiger charge is -1.77. The molecule has 1 heterocycles. The second-order valence-corrected chi connectivity index (χ2v) is 2.23. The molecular weight excluding hydrogens is 212 g/mol. The molecule has 4 heteroatoms. The normalized spacial score (nSPS) is 8.27. The largest absolute Gasteiger partial charge is 0.478 e. The van der Waals surface area contributed by atoms with Gasteiger partial charge in [-0.15, -0.1) is 0 Å². The van der Waals surface area contributed by atoms with E-state index < -0.39 is 5.97 Å². The zero-order chi connectivity index (χ0) is 8.85. The van der Waals surface area contributed by atoms with E-state index in [9.17, 15) is 4.79 Å². The van der Waals surface area contributed by atoms with E-state index in [1.54, 1.807) is 0 Å². The molecule has 1 N–H and O–H groups in total. The van der Waals surface area contributed by atoms with Gasteiger partial charge in [-0.05, 0) is 15.9 Å². The van der Waals surface area contributed by atoms with E-state index in [0.717, 1.165) is 0 Å². The number of halogens is 1. The van der Waals surface area contributed by atoms with Gasteiger partial charge in [-0.2, -0.15) is 0 Å². The summed E-state index contributed by atoms with van der Waals surface area (Å²) in [5.74, 6) is -0.982. The molecule has 0 saturated heterocycles. The molecule has 0 bridgehead atoms. The van der Waals surface area contributed by atoms with E-state index >= 15 is 0 Å². The van der Waals surface area contributed by atoms with Gasteiger partial charge in [0.15, 0.2) is 4.67 Å². The molecule has 0 unspecified atom stereocenters. The summed E-state index contributed by atoms with van der Waals surface area (Å²) in [5, 5.41) is 8.32. The Morgan fingerprint density at radius 3 is 2.36 bits per heavy atom. The summed E-state index contributed by atoms with van der Waals surface area (Å²) < 4.78 is 5.09. The molecule has 62 valence electrons. The summed E-state index contributed by atoms with van der Waals surface area (Å²) in [6.45, 7) is 4.00. The first-order valence-corrected chi connectivity index (χ1v) is 3.97. The van der Waals surface area contributed by atoms with Gasteiger partial charge in [0, 0.05) is 6.07 Å². The number of hydrogen-bond donors (Lipinski definition) is 1. The maximum Gasteiger partial charge on any atom is 0.339 e. The lowest BCUT2D eigenvalue weighted by atomic mass is 10.4. The molecule has 3 nitrogen and oxygen atoms in total. The monoisotopic (exact) mass is 220 g/mol. The van der Waals surface area contributed by atoms with Crippen molar-refractivity contribution >= 4 is 21.9 Å². The van der Waals surface area contributed by atoms with Crippen molar-refractivity contribution in [1.29, 1.82) is 0 Å². The van der Waals surface area contributed by atoms with Gasteiger partial charge in [-0.3, -0.25) is 0 Å². The van der Waals surface area contributed by atoms with Crippen molar-refractivity contribution in [3.05, 3.63) is 22.6 Å². The SMILES string of the molecule is CC.O=C(O)c1coc(Br)c1. The van der Waals surface area contributed by atoms with Gasteiger partial charge >= 0.3 is 5.97 Å². The van der Waals surface area contributed by atoms with Crippen molar-refractivity contribution < 1.29 is 14.3 Å². The van der Waals surface area contributed by atoms with Gasteiger partial charge in [-0.25, -0.2) is 4.79 Å². The van der Waals surface area contributed by atoms with Gasteiger partial charge in [-0.1, -0.05) is 13.8 Å². The van der Waals surface area contributed by atoms with E-state index in [-0.39, 0.29) is 5.56 Å². The molecule has 11 heavy (non-hydrogen) atoms. The summed E-state index contributed by atoms with van der Waals surface area (Å²) in [4.78, 5) is 10.1. The van der Waals surface area contributed by atoms with Gasteiger partial charge in [0.05, 0.1) is 5.56 Å². The minimum Gasteiger partial charge on any atom is -0.478 e. The topological polar surface area (TPSA) is 50.4 Å². The number of furan rings is 1. The predicted octanol–water partition coefficient (Wildman–Crippen LogP) is 2.77. The second-order valence-electron chi connectivity index (χ2n) is 1.44. The van der Waals surface area contributed by atoms with Crippen LogP contribution in [-0.4, -0.2) is 11.1 Å². The van der Waals surface area contributed by atoms with E-state index in [4.69, 9.17) is 5.11 Å². The molecule has 0 amide bonds. The zero-order valence-corrected chi connectivity index (χ0v) is 7.88. The fraction of sp³-hybridized carbons (Fsp3) is 0.286. The minimum atomic E-state index is -0.982. The molecular formula is C7H9BrO3. The van der Waals surface area contributed by atoms with E-state index in [1.165, 1.54) is 12.3 Å². The summed E-state index contributed by atoms with van der Waals surface area (Å²) in [6, 6.07) is 1.39. The Morgan fingerprint density at radius 2 is 2.18 bits per heavy atom. The van der Waals surface area contributed by atoms with Gasteiger partial charge in [0.2, 0.25) is 0 Å². The smallest absolute Gasteiger partial charge is 0.339 e. The van der Waals surface area contributed by atoms with Gasteiger partial charge in [0.25, 0.3) is 0 Å². The molecule has 1 aromatic heterocycles. The fourth-order valence-corrected chi connectivity index (χ4v) is 0.762. The van der Waals surface area contributed by atoms with Crippen LogP contribution in [0.2, 0.25) is 0 Å². The first-order valence-electron chi connectivity index (χ1n) is 3.17. The first-order chi connectivity index (χ1) is 5.20. The van der Waals surface area contributed by atoms with E-state index in [1.807, 2.05) is 13.8 Å². The summed E-state index contributed by atoms with van der Waals surface area (Å²) in [7, 11) is 0. The molecule has 1 rings (SSSR count). The van der Waals surface area contributed by atoms with Crippen LogP contribution in [0.1, 0.15) is 24.2 Å². The molecule has 0 radical (unpaired) electrons. The van der Waals surface area contributed by atoms with Crippen LogP contribution in [0.15, 0.2) is 21.4 Å². The fourth-order valence-electron chi connectivity index (χ4n) is 0.422. The Labute approximate surface area is 73.1 Å². The third-order valence-corrected chi connectivity index (χ3v) is 1.23. The highest BCUT2D eigenvalue weighted by molar-refractivity contribution is 9.10. The Hall–Kier alpha value is -0.770. The highest BCUT2D eigenvalue weighted by atomic mass is 79.9. The molecule has 0 aliphatic rings. The zero-order valence-electron chi connectivity index (χ0n) is 6.30. The van der Waals surface area contributed by atoms with Crippen molar-refractivity contribution in [2.45, 2.75) is 13.8 Å². The Morgan fingerprint density at radius 1 is 1.64 bits per heavy atom. The van der Waals surface area contributed by atoms with Crippen LogP contribution in [0.5, 0.6) is 0 Å². The maximum atomic E-state index is 10.1. The number of carbonyl (C=O) groups is 1. The quantitative estimate of drug-likeness (QED) is 0.793. The standard InChI is InChI=1S/C5H3BrO3.C2H6/c6-4-1-3(2-9-4)5(7)8;1-2/h1-2H,(H,7,8);1-2H3. The molecule has 0 atom stereocenters. The van der Waals surface area contributed by atoms with Crippen molar-refractivity contribution in [1.82, 2.24) is 0 Å². The lowest BCUT2D eigenvalue weighted by molar-refractivity contribution is 0.0696. The average Bonchev–Trinajstić information content (AvgIpc) is 2.40. The van der Waals surface area contributed by atoms with Crippen LogP contribution < -0.4 is 0 Å². The predicted molar refractivity (Wildman–Crippen MR) is 44.7 cm³/mol. The van der Waals surface area contributed by atoms with Crippen molar-refractivity contribution in [3.8, 4) is 0 Å². The first kappa shape index (κ1) is 10.2. The lowest BCUT2D eigenvalue weighted by Crippen LogP contribution is -1.91. The van der Waals surface area contributed by atoms with Crippen molar-refractivity contribution in [2.24, 2.45) is 0 Å². The minimum absolute atomic E-state index is 0.155. The molecule has 0 aliphatic carbocycles. The van der Waals surface area contributed by atoms with E-state index in [0.29, 0.717) is 4.67 Å². The maximum absolute atomic E-state index is 10.1. The summed E-state index contributed by atoms with van der Waals surface area (Å²) in [6.07, 6.45) is 1.17.